The Bertz CT molecular complexity index is 980. The van der Waals surface area contributed by atoms with E-state index in [0.717, 1.165) is 45.3 Å². The molecule has 3 saturated heterocycles. The van der Waals surface area contributed by atoms with Crippen LogP contribution in [-0.2, 0) is 23.9 Å². The van der Waals surface area contributed by atoms with Gasteiger partial charge in [0.05, 0.1) is 30.7 Å². The van der Waals surface area contributed by atoms with Crippen molar-refractivity contribution in [2.45, 2.75) is 49.9 Å². The molecule has 0 bridgehead atoms. The van der Waals surface area contributed by atoms with E-state index >= 15 is 0 Å². The first-order valence-electron chi connectivity index (χ1n) is 14.1. The average molecular weight is 531 g/mol. The quantitative estimate of drug-likeness (QED) is 0.337. The van der Waals surface area contributed by atoms with Gasteiger partial charge in [-0.2, -0.15) is 0 Å². The molecule has 3 fully saturated rings. The van der Waals surface area contributed by atoms with E-state index in [1.807, 2.05) is 36.1 Å². The van der Waals surface area contributed by atoms with Crippen molar-refractivity contribution in [3.63, 3.8) is 0 Å². The molecule has 5 rings (SSSR count). The second-order valence-corrected chi connectivity index (χ2v) is 11.4. The maximum absolute atomic E-state index is 14.3. The van der Waals surface area contributed by atoms with Crippen LogP contribution in [0.2, 0.25) is 0 Å². The molecule has 5 aliphatic heterocycles. The number of unbranched alkanes of at least 4 members (excludes halogenated alkanes) is 3. The molecule has 1 unspecified atom stereocenters. The SMILES string of the molecule is CN1CC=C[C@]2(C)O[C@]34C=CCN(CCN5CCOCC5)C(=O)C3N(CCCCCCO)C(=O)[C@@H]4[C@@H]2C1=O. The van der Waals surface area contributed by atoms with Gasteiger partial charge in [0.1, 0.15) is 11.6 Å². The number of fused-ring (bicyclic) bond motifs is 2. The molecule has 1 N–H and O–H groups in total. The number of carbonyl (C=O) groups is 3. The van der Waals surface area contributed by atoms with Crippen molar-refractivity contribution in [2.24, 2.45) is 11.8 Å². The summed E-state index contributed by atoms with van der Waals surface area (Å²) in [7, 11) is 1.75. The van der Waals surface area contributed by atoms with Crippen LogP contribution in [0.4, 0.5) is 0 Å². The van der Waals surface area contributed by atoms with Gasteiger partial charge >= 0.3 is 0 Å². The van der Waals surface area contributed by atoms with Gasteiger partial charge in [0.15, 0.2) is 0 Å². The molecule has 0 saturated carbocycles. The van der Waals surface area contributed by atoms with E-state index in [9.17, 15) is 14.4 Å². The predicted octanol–water partition coefficient (Wildman–Crippen LogP) is 0.269. The van der Waals surface area contributed by atoms with Gasteiger partial charge in [-0.25, -0.2) is 0 Å². The highest BCUT2D eigenvalue weighted by molar-refractivity contribution is 6.00. The van der Waals surface area contributed by atoms with E-state index in [4.69, 9.17) is 14.6 Å². The van der Waals surface area contributed by atoms with E-state index in [-0.39, 0.29) is 24.3 Å². The smallest absolute Gasteiger partial charge is 0.249 e. The Kier molecular flexibility index (Phi) is 7.96. The number of likely N-dealkylation sites (tertiary alicyclic amines) is 1. The lowest BCUT2D eigenvalue weighted by molar-refractivity contribution is -0.152. The van der Waals surface area contributed by atoms with Crippen LogP contribution >= 0.6 is 0 Å². The molecule has 0 aromatic heterocycles. The largest absolute Gasteiger partial charge is 0.396 e. The summed E-state index contributed by atoms with van der Waals surface area (Å²) in [6.07, 6.45) is 10.9. The minimum atomic E-state index is -1.19. The molecule has 5 heterocycles. The van der Waals surface area contributed by atoms with Gasteiger partial charge in [-0.3, -0.25) is 19.3 Å². The van der Waals surface area contributed by atoms with Crippen molar-refractivity contribution in [1.29, 1.82) is 0 Å². The van der Waals surface area contributed by atoms with Crippen LogP contribution < -0.4 is 0 Å². The summed E-state index contributed by atoms with van der Waals surface area (Å²) in [5, 5.41) is 9.13. The molecule has 1 spiro atoms. The van der Waals surface area contributed by atoms with Crippen LogP contribution in [0, 0.1) is 11.8 Å². The van der Waals surface area contributed by atoms with Crippen molar-refractivity contribution in [1.82, 2.24) is 19.6 Å². The highest BCUT2D eigenvalue weighted by atomic mass is 16.5. The number of amides is 3. The third-order valence-electron chi connectivity index (χ3n) is 8.94. The molecule has 5 atom stereocenters. The van der Waals surface area contributed by atoms with Gasteiger partial charge < -0.3 is 29.3 Å². The minimum absolute atomic E-state index is 0.112. The number of aliphatic hydroxyl groups excluding tert-OH is 1. The van der Waals surface area contributed by atoms with Crippen LogP contribution in [0.15, 0.2) is 24.3 Å². The van der Waals surface area contributed by atoms with Crippen molar-refractivity contribution in [2.75, 3.05) is 72.7 Å². The second kappa shape index (κ2) is 11.1. The molecule has 0 aromatic carbocycles. The first-order chi connectivity index (χ1) is 18.3. The Balaban J connectivity index is 1.45. The fourth-order valence-corrected chi connectivity index (χ4v) is 6.97. The lowest BCUT2D eigenvalue weighted by Gasteiger charge is -2.38. The number of morpholine rings is 1. The van der Waals surface area contributed by atoms with Crippen molar-refractivity contribution >= 4 is 17.7 Å². The normalized spacial score (nSPS) is 35.4. The van der Waals surface area contributed by atoms with E-state index < -0.39 is 29.1 Å². The van der Waals surface area contributed by atoms with Gasteiger partial charge in [0.2, 0.25) is 17.7 Å². The lowest BCUT2D eigenvalue weighted by Crippen LogP contribution is -2.56. The molecule has 0 aliphatic carbocycles. The van der Waals surface area contributed by atoms with Gasteiger partial charge in [-0.05, 0) is 19.8 Å². The van der Waals surface area contributed by atoms with Crippen molar-refractivity contribution < 1.29 is 29.0 Å². The van der Waals surface area contributed by atoms with Gasteiger partial charge in [0.25, 0.3) is 0 Å². The Hall–Kier alpha value is -2.27. The lowest BCUT2D eigenvalue weighted by atomic mass is 9.74. The van der Waals surface area contributed by atoms with E-state index in [1.54, 1.807) is 16.8 Å². The van der Waals surface area contributed by atoms with Crippen LogP contribution in [-0.4, -0.2) is 132 Å². The fourth-order valence-electron chi connectivity index (χ4n) is 6.97. The Labute approximate surface area is 225 Å². The molecule has 5 aliphatic rings. The number of aliphatic hydroxyl groups is 1. The van der Waals surface area contributed by atoms with Crippen molar-refractivity contribution in [3.05, 3.63) is 24.3 Å². The zero-order chi connectivity index (χ0) is 26.9. The summed E-state index contributed by atoms with van der Waals surface area (Å²) >= 11 is 0. The van der Waals surface area contributed by atoms with Gasteiger partial charge in [-0.1, -0.05) is 37.1 Å². The number of likely N-dealkylation sites (N-methyl/N-ethyl adjacent to an activating group) is 1. The fraction of sp³-hybridized carbons (Fsp3) is 0.750. The van der Waals surface area contributed by atoms with E-state index in [2.05, 4.69) is 4.90 Å². The third kappa shape index (κ3) is 4.69. The summed E-state index contributed by atoms with van der Waals surface area (Å²) in [4.78, 5) is 49.6. The average Bonchev–Trinajstić information content (AvgIpc) is 3.18. The maximum atomic E-state index is 14.3. The Morgan fingerprint density at radius 3 is 2.39 bits per heavy atom. The van der Waals surface area contributed by atoms with Crippen LogP contribution in [0.25, 0.3) is 0 Å². The molecule has 10 nitrogen and oxygen atoms in total. The molecular formula is C28H42N4O6. The van der Waals surface area contributed by atoms with Gasteiger partial charge in [0, 0.05) is 59.5 Å². The molecule has 38 heavy (non-hydrogen) atoms. The summed E-state index contributed by atoms with van der Waals surface area (Å²) in [5.74, 6) is -1.86. The first-order valence-corrected chi connectivity index (χ1v) is 14.1. The number of rotatable bonds is 9. The zero-order valence-corrected chi connectivity index (χ0v) is 22.7. The van der Waals surface area contributed by atoms with Crippen LogP contribution in [0.5, 0.6) is 0 Å². The standard InChI is InChI=1S/C28H42N4O6/c1-27-9-7-11-29(2)24(34)21(27)22-25(35)32(13-5-3-4-6-18-33)23-26(36)31(12-8-10-28(22,23)38-27)15-14-30-16-19-37-20-17-30/h7-10,21-23,33H,3-6,11-20H2,1-2H3/t21-,22+,23?,27+,28+/m1/s1. The second-order valence-electron chi connectivity index (χ2n) is 11.4. The Morgan fingerprint density at radius 1 is 0.895 bits per heavy atom. The molecule has 10 heteroatoms. The molecular weight excluding hydrogens is 488 g/mol. The van der Waals surface area contributed by atoms with E-state index in [1.165, 1.54) is 0 Å². The molecule has 3 amide bonds. The summed E-state index contributed by atoms with van der Waals surface area (Å²) in [5.41, 5.74) is -2.16. The number of ether oxygens (including phenoxy) is 2. The third-order valence-corrected chi connectivity index (χ3v) is 8.94. The summed E-state index contributed by atoms with van der Waals surface area (Å²) < 4.78 is 12.3. The first kappa shape index (κ1) is 27.3. The molecule has 0 aromatic rings. The molecule has 0 radical (unpaired) electrons. The van der Waals surface area contributed by atoms with E-state index in [0.29, 0.717) is 39.4 Å². The topological polar surface area (TPSA) is 103 Å². The highest BCUT2D eigenvalue weighted by Crippen LogP contribution is 2.57. The molecule has 210 valence electrons. The Morgan fingerprint density at radius 2 is 1.63 bits per heavy atom. The number of nitrogens with zero attached hydrogens (tertiary/aromatic N) is 4. The summed E-state index contributed by atoms with van der Waals surface area (Å²) in [6, 6.07) is -0.809. The predicted molar refractivity (Wildman–Crippen MR) is 140 cm³/mol. The summed E-state index contributed by atoms with van der Waals surface area (Å²) in [6.45, 7) is 7.75. The van der Waals surface area contributed by atoms with Gasteiger partial charge in [-0.15, -0.1) is 0 Å². The monoisotopic (exact) mass is 530 g/mol. The number of carbonyl (C=O) groups excluding carboxylic acids is 3. The minimum Gasteiger partial charge on any atom is -0.396 e. The maximum Gasteiger partial charge on any atom is 0.249 e. The van der Waals surface area contributed by atoms with Crippen molar-refractivity contribution in [3.8, 4) is 0 Å². The number of hydrogen-bond donors (Lipinski definition) is 1. The number of hydrogen-bond acceptors (Lipinski definition) is 7. The van der Waals surface area contributed by atoms with Crippen LogP contribution in [0.1, 0.15) is 32.6 Å². The zero-order valence-electron chi connectivity index (χ0n) is 22.7. The van der Waals surface area contributed by atoms with Crippen LogP contribution in [0.3, 0.4) is 0 Å². The highest BCUT2D eigenvalue weighted by Gasteiger charge is 2.74.